The van der Waals surface area contributed by atoms with Crippen molar-refractivity contribution in [2.75, 3.05) is 46.5 Å². The Labute approximate surface area is 197 Å². The van der Waals surface area contributed by atoms with Crippen LogP contribution in [0.15, 0.2) is 35.9 Å². The Balaban J connectivity index is 1.78. The van der Waals surface area contributed by atoms with Gasteiger partial charge in [0, 0.05) is 37.4 Å². The molecular formula is C25H29N3O6. The summed E-state index contributed by atoms with van der Waals surface area (Å²) in [5.41, 5.74) is 2.21. The largest absolute Gasteiger partial charge is 0.507 e. The zero-order valence-corrected chi connectivity index (χ0v) is 19.6. The fraction of sp³-hybridized carbons (Fsp3) is 0.400. The van der Waals surface area contributed by atoms with Crippen LogP contribution in [0.4, 0.5) is 0 Å². The SMILES string of the molecule is COC(=O)c1[nH]c(C)c(/C(O)=C2/C(=O)C(=O)N(CCN3CCOCC3)C2c2ccccc2)c1C. The molecule has 1 aromatic carbocycles. The van der Waals surface area contributed by atoms with Gasteiger partial charge in [-0.15, -0.1) is 0 Å². The number of hydrogen-bond donors (Lipinski definition) is 2. The van der Waals surface area contributed by atoms with E-state index in [-0.39, 0.29) is 17.0 Å². The molecule has 9 heteroatoms. The van der Waals surface area contributed by atoms with E-state index >= 15 is 0 Å². The molecule has 3 heterocycles. The fourth-order valence-electron chi connectivity index (χ4n) is 4.71. The molecule has 0 spiro atoms. The van der Waals surface area contributed by atoms with Crippen LogP contribution in [0.25, 0.3) is 5.76 Å². The number of benzene rings is 1. The summed E-state index contributed by atoms with van der Waals surface area (Å²) in [4.78, 5) is 45.2. The van der Waals surface area contributed by atoms with Gasteiger partial charge in [-0.1, -0.05) is 30.3 Å². The summed E-state index contributed by atoms with van der Waals surface area (Å²) in [5, 5.41) is 11.4. The number of amides is 1. The summed E-state index contributed by atoms with van der Waals surface area (Å²) >= 11 is 0. The van der Waals surface area contributed by atoms with E-state index in [2.05, 4.69) is 9.88 Å². The van der Waals surface area contributed by atoms with Gasteiger partial charge in [0.25, 0.3) is 11.7 Å². The monoisotopic (exact) mass is 467 g/mol. The Bertz CT molecular complexity index is 1130. The minimum absolute atomic E-state index is 0.0137. The van der Waals surface area contributed by atoms with Crippen molar-refractivity contribution in [3.8, 4) is 0 Å². The van der Waals surface area contributed by atoms with Gasteiger partial charge in [0.15, 0.2) is 0 Å². The molecule has 0 aliphatic carbocycles. The van der Waals surface area contributed by atoms with Crippen LogP contribution in [0.5, 0.6) is 0 Å². The highest BCUT2D eigenvalue weighted by atomic mass is 16.5. The predicted octanol–water partition coefficient (Wildman–Crippen LogP) is 2.17. The summed E-state index contributed by atoms with van der Waals surface area (Å²) in [6.45, 7) is 7.08. The van der Waals surface area contributed by atoms with E-state index in [9.17, 15) is 19.5 Å². The maximum atomic E-state index is 13.2. The van der Waals surface area contributed by atoms with Crippen molar-refractivity contribution in [2.24, 2.45) is 0 Å². The number of nitrogens with zero attached hydrogens (tertiary/aromatic N) is 2. The molecule has 4 rings (SSSR count). The Morgan fingerprint density at radius 1 is 1.15 bits per heavy atom. The third kappa shape index (κ3) is 4.24. The van der Waals surface area contributed by atoms with E-state index in [1.165, 1.54) is 12.0 Å². The average Bonchev–Trinajstić information content (AvgIpc) is 3.30. The van der Waals surface area contributed by atoms with Gasteiger partial charge in [-0.25, -0.2) is 4.79 Å². The number of aromatic amines is 1. The molecule has 0 saturated carbocycles. The predicted molar refractivity (Wildman–Crippen MR) is 124 cm³/mol. The van der Waals surface area contributed by atoms with Crippen molar-refractivity contribution < 1.29 is 29.0 Å². The number of methoxy groups -OCH3 is 1. The molecular weight excluding hydrogens is 438 g/mol. The molecule has 2 N–H and O–H groups in total. The molecule has 0 radical (unpaired) electrons. The van der Waals surface area contributed by atoms with Crippen LogP contribution in [-0.2, 0) is 19.1 Å². The van der Waals surface area contributed by atoms with Gasteiger partial charge < -0.3 is 24.5 Å². The first kappa shape index (κ1) is 23.7. The van der Waals surface area contributed by atoms with Crippen LogP contribution in [0, 0.1) is 13.8 Å². The minimum Gasteiger partial charge on any atom is -0.507 e. The molecule has 34 heavy (non-hydrogen) atoms. The van der Waals surface area contributed by atoms with Gasteiger partial charge >= 0.3 is 5.97 Å². The molecule has 0 bridgehead atoms. The first-order chi connectivity index (χ1) is 16.3. The standard InChI is InChI=1S/C25H29N3O6/c1-15-18(16(2)26-20(15)25(32)33-3)22(29)19-21(17-7-5-4-6-8-17)28(24(31)23(19)30)10-9-27-11-13-34-14-12-27/h4-8,21,26,29H,9-14H2,1-3H3/b22-19-. The van der Waals surface area contributed by atoms with Crippen molar-refractivity contribution in [1.29, 1.82) is 0 Å². The number of aryl methyl sites for hydroxylation is 1. The average molecular weight is 468 g/mol. The second kappa shape index (κ2) is 9.82. The minimum atomic E-state index is -0.743. The normalized spacial score (nSPS) is 20.7. The van der Waals surface area contributed by atoms with Crippen LogP contribution in [-0.4, -0.2) is 84.1 Å². The van der Waals surface area contributed by atoms with E-state index < -0.39 is 23.7 Å². The van der Waals surface area contributed by atoms with Crippen molar-refractivity contribution in [2.45, 2.75) is 19.9 Å². The molecule has 2 saturated heterocycles. The number of aliphatic hydroxyl groups is 1. The number of H-pyrrole nitrogens is 1. The van der Waals surface area contributed by atoms with Gasteiger partial charge in [0.2, 0.25) is 0 Å². The summed E-state index contributed by atoms with van der Waals surface area (Å²) in [7, 11) is 1.27. The number of aliphatic hydroxyl groups excluding tert-OH is 1. The van der Waals surface area contributed by atoms with E-state index in [0.717, 1.165) is 18.7 Å². The number of esters is 1. The van der Waals surface area contributed by atoms with Crippen molar-refractivity contribution >= 4 is 23.4 Å². The topological polar surface area (TPSA) is 112 Å². The number of rotatable bonds is 6. The molecule has 1 aromatic heterocycles. The highest BCUT2D eigenvalue weighted by molar-refractivity contribution is 6.46. The zero-order valence-electron chi connectivity index (χ0n) is 19.6. The Morgan fingerprint density at radius 3 is 2.47 bits per heavy atom. The third-order valence-corrected chi connectivity index (χ3v) is 6.48. The van der Waals surface area contributed by atoms with Crippen molar-refractivity contribution in [1.82, 2.24) is 14.8 Å². The summed E-state index contributed by atoms with van der Waals surface area (Å²) in [6, 6.07) is 8.45. The molecule has 1 atom stereocenters. The Hall–Kier alpha value is -3.43. The molecule has 180 valence electrons. The number of morpholine rings is 1. The van der Waals surface area contributed by atoms with Crippen LogP contribution in [0.2, 0.25) is 0 Å². The molecule has 1 unspecified atom stereocenters. The van der Waals surface area contributed by atoms with Gasteiger partial charge in [-0.05, 0) is 25.0 Å². The second-order valence-corrected chi connectivity index (χ2v) is 8.47. The number of ether oxygens (including phenoxy) is 2. The lowest BCUT2D eigenvalue weighted by molar-refractivity contribution is -0.140. The van der Waals surface area contributed by atoms with Crippen LogP contribution >= 0.6 is 0 Å². The number of ketones is 1. The number of hydrogen-bond acceptors (Lipinski definition) is 7. The highest BCUT2D eigenvalue weighted by Crippen LogP contribution is 2.40. The van der Waals surface area contributed by atoms with Crippen molar-refractivity contribution in [3.63, 3.8) is 0 Å². The lowest BCUT2D eigenvalue weighted by Crippen LogP contribution is -2.42. The number of Topliss-reactive ketones (excluding diaryl/α,β-unsaturated/α-hetero) is 1. The Morgan fingerprint density at radius 2 is 1.82 bits per heavy atom. The first-order valence-electron chi connectivity index (χ1n) is 11.3. The maximum Gasteiger partial charge on any atom is 0.354 e. The van der Waals surface area contributed by atoms with E-state index in [1.807, 2.05) is 30.3 Å². The van der Waals surface area contributed by atoms with E-state index in [1.54, 1.807) is 13.8 Å². The lowest BCUT2D eigenvalue weighted by atomic mass is 9.94. The summed E-state index contributed by atoms with van der Waals surface area (Å²) in [5.74, 6) is -2.27. The number of aromatic nitrogens is 1. The third-order valence-electron chi connectivity index (χ3n) is 6.48. The molecule has 2 aromatic rings. The smallest absolute Gasteiger partial charge is 0.354 e. The molecule has 2 fully saturated rings. The molecule has 9 nitrogen and oxygen atoms in total. The highest BCUT2D eigenvalue weighted by Gasteiger charge is 2.46. The second-order valence-electron chi connectivity index (χ2n) is 8.47. The number of carbonyl (C=O) groups excluding carboxylic acids is 3. The van der Waals surface area contributed by atoms with Crippen LogP contribution in [0.1, 0.15) is 38.9 Å². The molecule has 1 amide bonds. The van der Waals surface area contributed by atoms with E-state index in [4.69, 9.17) is 9.47 Å². The van der Waals surface area contributed by atoms with Crippen LogP contribution < -0.4 is 0 Å². The van der Waals surface area contributed by atoms with Crippen LogP contribution in [0.3, 0.4) is 0 Å². The van der Waals surface area contributed by atoms with Crippen molar-refractivity contribution in [3.05, 3.63) is 64.0 Å². The fourth-order valence-corrected chi connectivity index (χ4v) is 4.71. The van der Waals surface area contributed by atoms with Gasteiger partial charge in [0.05, 0.1) is 31.9 Å². The zero-order chi connectivity index (χ0) is 24.4. The lowest BCUT2D eigenvalue weighted by Gasteiger charge is -2.31. The summed E-state index contributed by atoms with van der Waals surface area (Å²) < 4.78 is 10.2. The Kier molecular flexibility index (Phi) is 6.85. The molecule has 2 aliphatic rings. The van der Waals surface area contributed by atoms with E-state index in [0.29, 0.717) is 43.1 Å². The molecule has 2 aliphatic heterocycles. The van der Waals surface area contributed by atoms with Gasteiger partial charge in [0.1, 0.15) is 11.5 Å². The quantitative estimate of drug-likeness (QED) is 0.290. The number of nitrogens with one attached hydrogen (secondary N) is 1. The number of carbonyl (C=O) groups is 3. The maximum absolute atomic E-state index is 13.2. The summed E-state index contributed by atoms with van der Waals surface area (Å²) in [6.07, 6.45) is 0. The van der Waals surface area contributed by atoms with Gasteiger partial charge in [-0.3, -0.25) is 14.5 Å². The first-order valence-corrected chi connectivity index (χ1v) is 11.3. The number of likely N-dealkylation sites (tertiary alicyclic amines) is 1. The van der Waals surface area contributed by atoms with Gasteiger partial charge in [-0.2, -0.15) is 0 Å².